The summed E-state index contributed by atoms with van der Waals surface area (Å²) >= 11 is 0. The van der Waals surface area contributed by atoms with Gasteiger partial charge in [-0.2, -0.15) is 5.10 Å². The first-order valence-corrected chi connectivity index (χ1v) is 6.39. The summed E-state index contributed by atoms with van der Waals surface area (Å²) in [6, 6.07) is 4.65. The van der Waals surface area contributed by atoms with Gasteiger partial charge in [-0.3, -0.25) is 19.6 Å². The summed E-state index contributed by atoms with van der Waals surface area (Å²) in [7, 11) is 0. The molecule has 0 aliphatic rings. The van der Waals surface area contributed by atoms with E-state index in [0.29, 0.717) is 13.0 Å². The number of aryl methyl sites for hydroxylation is 1. The molecule has 0 saturated carbocycles. The van der Waals surface area contributed by atoms with Crippen molar-refractivity contribution >= 4 is 22.6 Å². The number of hydrogen-bond acceptors (Lipinski definition) is 4. The van der Waals surface area contributed by atoms with Crippen molar-refractivity contribution in [2.75, 3.05) is 0 Å². The van der Waals surface area contributed by atoms with Crippen LogP contribution in [-0.2, 0) is 11.3 Å². The van der Waals surface area contributed by atoms with Gasteiger partial charge in [0.2, 0.25) is 0 Å². The lowest BCUT2D eigenvalue weighted by Crippen LogP contribution is -2.01. The van der Waals surface area contributed by atoms with Gasteiger partial charge in [0, 0.05) is 30.5 Å². The van der Waals surface area contributed by atoms with E-state index in [1.54, 1.807) is 16.9 Å². The van der Waals surface area contributed by atoms with Crippen LogP contribution in [0.3, 0.4) is 0 Å². The molecule has 2 rings (SSSR count). The van der Waals surface area contributed by atoms with E-state index in [1.807, 2.05) is 0 Å². The fraction of sp³-hybridized carbons (Fsp3) is 0.385. The van der Waals surface area contributed by atoms with Crippen LogP contribution in [0, 0.1) is 10.1 Å². The second-order valence-corrected chi connectivity index (χ2v) is 4.57. The molecule has 0 aliphatic carbocycles. The number of benzene rings is 1. The van der Waals surface area contributed by atoms with Crippen LogP contribution >= 0.6 is 0 Å². The van der Waals surface area contributed by atoms with Gasteiger partial charge in [0.25, 0.3) is 5.69 Å². The molecule has 2 aromatic rings. The van der Waals surface area contributed by atoms with Crippen molar-refractivity contribution in [2.45, 2.75) is 32.2 Å². The Kier molecular flexibility index (Phi) is 4.29. The van der Waals surface area contributed by atoms with Crippen molar-refractivity contribution in [3.8, 4) is 0 Å². The second-order valence-electron chi connectivity index (χ2n) is 4.57. The predicted octanol–water partition coefficient (Wildman–Crippen LogP) is 2.59. The smallest absolute Gasteiger partial charge is 0.303 e. The molecule has 0 fully saturated rings. The number of carboxylic acid groups (broad SMARTS) is 1. The van der Waals surface area contributed by atoms with E-state index in [2.05, 4.69) is 5.10 Å². The number of nitrogens with zero attached hydrogens (tertiary/aromatic N) is 3. The SMILES string of the molecule is O=C(O)CCCCCn1ncc2ccc([N+](=O)[O-])cc21. The number of carbonyl (C=O) groups is 1. The van der Waals surface area contributed by atoms with Gasteiger partial charge in [0.1, 0.15) is 0 Å². The average molecular weight is 277 g/mol. The van der Waals surface area contributed by atoms with Crippen LogP contribution < -0.4 is 0 Å². The van der Waals surface area contributed by atoms with Crippen LogP contribution in [0.25, 0.3) is 10.9 Å². The number of non-ortho nitro benzene ring substituents is 1. The van der Waals surface area contributed by atoms with E-state index in [1.165, 1.54) is 12.1 Å². The van der Waals surface area contributed by atoms with Gasteiger partial charge < -0.3 is 5.11 Å². The first-order chi connectivity index (χ1) is 9.58. The summed E-state index contributed by atoms with van der Waals surface area (Å²) in [5, 5.41) is 24.4. The maximum Gasteiger partial charge on any atom is 0.303 e. The third-order valence-electron chi connectivity index (χ3n) is 3.10. The van der Waals surface area contributed by atoms with Gasteiger partial charge in [0.15, 0.2) is 0 Å². The van der Waals surface area contributed by atoms with E-state index in [9.17, 15) is 14.9 Å². The zero-order chi connectivity index (χ0) is 14.5. The Morgan fingerprint density at radius 2 is 2.15 bits per heavy atom. The van der Waals surface area contributed by atoms with Crippen molar-refractivity contribution < 1.29 is 14.8 Å². The minimum atomic E-state index is -0.787. The molecule has 0 saturated heterocycles. The van der Waals surface area contributed by atoms with Crippen LogP contribution in [0.4, 0.5) is 5.69 Å². The average Bonchev–Trinajstić information content (AvgIpc) is 2.80. The summed E-state index contributed by atoms with van der Waals surface area (Å²) in [6.07, 6.45) is 4.08. The maximum atomic E-state index is 10.8. The topological polar surface area (TPSA) is 98.3 Å². The maximum absolute atomic E-state index is 10.8. The van der Waals surface area contributed by atoms with Crippen molar-refractivity contribution in [1.29, 1.82) is 0 Å². The summed E-state index contributed by atoms with van der Waals surface area (Å²) < 4.78 is 1.73. The molecule has 1 aromatic heterocycles. The number of unbranched alkanes of at least 4 members (excludes halogenated alkanes) is 2. The molecule has 1 aromatic carbocycles. The third-order valence-corrected chi connectivity index (χ3v) is 3.10. The minimum absolute atomic E-state index is 0.0464. The Labute approximate surface area is 115 Å². The molecule has 7 nitrogen and oxygen atoms in total. The highest BCUT2D eigenvalue weighted by Crippen LogP contribution is 2.21. The number of rotatable bonds is 7. The highest BCUT2D eigenvalue weighted by Gasteiger charge is 2.09. The van der Waals surface area contributed by atoms with Gasteiger partial charge >= 0.3 is 5.97 Å². The summed E-state index contributed by atoms with van der Waals surface area (Å²) in [4.78, 5) is 20.7. The van der Waals surface area contributed by atoms with Crippen molar-refractivity contribution in [2.24, 2.45) is 0 Å². The number of aromatic nitrogens is 2. The predicted molar refractivity (Wildman–Crippen MR) is 72.5 cm³/mol. The molecule has 1 N–H and O–H groups in total. The molecular formula is C13H15N3O4. The first-order valence-electron chi connectivity index (χ1n) is 6.39. The summed E-state index contributed by atoms with van der Waals surface area (Å²) in [5.41, 5.74) is 0.780. The molecule has 0 spiro atoms. The minimum Gasteiger partial charge on any atom is -0.481 e. The summed E-state index contributed by atoms with van der Waals surface area (Å²) in [6.45, 7) is 0.629. The first kappa shape index (κ1) is 14.0. The third kappa shape index (κ3) is 3.31. The van der Waals surface area contributed by atoms with Crippen LogP contribution in [0.15, 0.2) is 24.4 Å². The molecule has 0 atom stereocenters. The lowest BCUT2D eigenvalue weighted by atomic mass is 10.2. The normalized spacial score (nSPS) is 10.8. The Balaban J connectivity index is 2.01. The molecule has 20 heavy (non-hydrogen) atoms. The number of nitro benzene ring substituents is 1. The largest absolute Gasteiger partial charge is 0.481 e. The van der Waals surface area contributed by atoms with Crippen molar-refractivity contribution in [3.05, 3.63) is 34.5 Å². The van der Waals surface area contributed by atoms with Crippen LogP contribution in [0.2, 0.25) is 0 Å². The van der Waals surface area contributed by atoms with E-state index >= 15 is 0 Å². The number of hydrogen-bond donors (Lipinski definition) is 1. The fourth-order valence-electron chi connectivity index (χ4n) is 2.07. The number of nitro groups is 1. The number of fused-ring (bicyclic) bond motifs is 1. The number of aliphatic carboxylic acids is 1. The van der Waals surface area contributed by atoms with E-state index in [4.69, 9.17) is 5.11 Å². The molecule has 106 valence electrons. The molecule has 7 heteroatoms. The quantitative estimate of drug-likeness (QED) is 0.476. The van der Waals surface area contributed by atoms with E-state index < -0.39 is 10.9 Å². The molecule has 0 bridgehead atoms. The second kappa shape index (κ2) is 6.14. The van der Waals surface area contributed by atoms with Crippen molar-refractivity contribution in [3.63, 3.8) is 0 Å². The lowest BCUT2D eigenvalue weighted by molar-refractivity contribution is -0.384. The van der Waals surface area contributed by atoms with Gasteiger partial charge in [0.05, 0.1) is 16.6 Å². The molecule has 0 aliphatic heterocycles. The van der Waals surface area contributed by atoms with Crippen molar-refractivity contribution in [1.82, 2.24) is 9.78 Å². The van der Waals surface area contributed by atoms with Gasteiger partial charge in [-0.05, 0) is 18.9 Å². The molecule has 0 amide bonds. The highest BCUT2D eigenvalue weighted by atomic mass is 16.6. The highest BCUT2D eigenvalue weighted by molar-refractivity contribution is 5.80. The Bertz CT molecular complexity index is 636. The Morgan fingerprint density at radius 3 is 2.85 bits per heavy atom. The van der Waals surface area contributed by atoms with Crippen LogP contribution in [-0.4, -0.2) is 25.8 Å². The molecule has 1 heterocycles. The molecule has 0 radical (unpaired) electrons. The van der Waals surface area contributed by atoms with Crippen LogP contribution in [0.1, 0.15) is 25.7 Å². The molecule has 0 unspecified atom stereocenters. The van der Waals surface area contributed by atoms with E-state index in [0.717, 1.165) is 23.7 Å². The number of carboxylic acids is 1. The lowest BCUT2D eigenvalue weighted by Gasteiger charge is -2.03. The molecular weight excluding hydrogens is 262 g/mol. The monoisotopic (exact) mass is 277 g/mol. The Hall–Kier alpha value is -2.44. The fourth-order valence-corrected chi connectivity index (χ4v) is 2.07. The van der Waals surface area contributed by atoms with Crippen LogP contribution in [0.5, 0.6) is 0 Å². The zero-order valence-electron chi connectivity index (χ0n) is 10.9. The van der Waals surface area contributed by atoms with E-state index in [-0.39, 0.29) is 12.1 Å². The van der Waals surface area contributed by atoms with Gasteiger partial charge in [-0.15, -0.1) is 0 Å². The Morgan fingerprint density at radius 1 is 1.35 bits per heavy atom. The van der Waals surface area contributed by atoms with Gasteiger partial charge in [-0.25, -0.2) is 0 Å². The van der Waals surface area contributed by atoms with Gasteiger partial charge in [-0.1, -0.05) is 6.42 Å². The standard InChI is InChI=1S/C13H15N3O4/c17-13(18)4-2-1-3-7-15-12-8-11(16(19)20)6-5-10(12)9-14-15/h5-6,8-9H,1-4,7H2,(H,17,18). The summed E-state index contributed by atoms with van der Waals surface area (Å²) in [5.74, 6) is -0.787. The zero-order valence-corrected chi connectivity index (χ0v) is 10.9.